The van der Waals surface area contributed by atoms with E-state index in [4.69, 9.17) is 0 Å². The molecule has 0 bridgehead atoms. The Morgan fingerprint density at radius 2 is 1.96 bits per heavy atom. The molecule has 2 unspecified atom stereocenters. The molecule has 0 aliphatic carbocycles. The Kier molecular flexibility index (Phi) is 4.83. The van der Waals surface area contributed by atoms with E-state index in [1.807, 2.05) is 30.3 Å². The molecule has 8 heteroatoms. The van der Waals surface area contributed by atoms with Crippen LogP contribution in [0.25, 0.3) is 0 Å². The third-order valence-electron chi connectivity index (χ3n) is 4.49. The molecule has 1 saturated heterocycles. The monoisotopic (exact) mass is 454 g/mol. The lowest BCUT2D eigenvalue weighted by atomic mass is 10.1. The fraction of sp³-hybridized carbons (Fsp3) is 0.278. The summed E-state index contributed by atoms with van der Waals surface area (Å²) in [7, 11) is -3.15. The number of benzene rings is 2. The van der Waals surface area contributed by atoms with Crippen LogP contribution < -0.4 is 4.90 Å². The van der Waals surface area contributed by atoms with Gasteiger partial charge in [0.1, 0.15) is 5.82 Å². The van der Waals surface area contributed by atoms with Crippen LogP contribution in [0.2, 0.25) is 0 Å². The largest absolute Gasteiger partial charge is 0.312 e. The first-order chi connectivity index (χ1) is 12.4. The Hall–Kier alpha value is -1.38. The topological polar surface area (TPSA) is 49.7 Å². The Labute approximate surface area is 164 Å². The summed E-state index contributed by atoms with van der Waals surface area (Å²) in [5, 5.41) is 0.681. The van der Waals surface area contributed by atoms with Gasteiger partial charge in [-0.05, 0) is 23.8 Å². The molecule has 0 aromatic heterocycles. The molecule has 2 aliphatic rings. The highest BCUT2D eigenvalue weighted by molar-refractivity contribution is 9.10. The van der Waals surface area contributed by atoms with Crippen molar-refractivity contribution in [1.29, 1.82) is 0 Å². The van der Waals surface area contributed by atoms with Gasteiger partial charge in [-0.1, -0.05) is 58.0 Å². The number of sulfone groups is 1. The van der Waals surface area contributed by atoms with Crippen LogP contribution in [-0.4, -0.2) is 37.2 Å². The van der Waals surface area contributed by atoms with Gasteiger partial charge in [0.2, 0.25) is 0 Å². The normalized spacial score (nSPS) is 23.8. The molecule has 1 fully saturated rings. The zero-order chi connectivity index (χ0) is 18.3. The molecular formula is C18H16BrFN2O2S2. The Balaban J connectivity index is 1.66. The van der Waals surface area contributed by atoms with Gasteiger partial charge in [-0.15, -0.1) is 0 Å². The molecule has 2 heterocycles. The molecule has 2 aromatic carbocycles. The van der Waals surface area contributed by atoms with Gasteiger partial charge in [-0.25, -0.2) is 12.8 Å². The summed E-state index contributed by atoms with van der Waals surface area (Å²) in [6.07, 6.45) is 0. The van der Waals surface area contributed by atoms with E-state index in [0.29, 0.717) is 21.1 Å². The first-order valence-electron chi connectivity index (χ1n) is 8.12. The maximum Gasteiger partial charge on any atom is 0.164 e. The fourth-order valence-electron chi connectivity index (χ4n) is 3.31. The second kappa shape index (κ2) is 6.98. The Morgan fingerprint density at radius 1 is 1.19 bits per heavy atom. The quantitative estimate of drug-likeness (QED) is 0.706. The summed E-state index contributed by atoms with van der Waals surface area (Å²) in [5.41, 5.74) is 1.51. The van der Waals surface area contributed by atoms with Gasteiger partial charge in [0.15, 0.2) is 15.0 Å². The summed E-state index contributed by atoms with van der Waals surface area (Å²) >= 11 is 4.78. The Morgan fingerprint density at radius 3 is 2.69 bits per heavy atom. The van der Waals surface area contributed by atoms with Gasteiger partial charge in [0, 0.05) is 10.2 Å². The minimum Gasteiger partial charge on any atom is -0.312 e. The van der Waals surface area contributed by atoms with Crippen molar-refractivity contribution in [2.45, 2.75) is 17.8 Å². The zero-order valence-electron chi connectivity index (χ0n) is 13.7. The average molecular weight is 455 g/mol. The smallest absolute Gasteiger partial charge is 0.164 e. The van der Waals surface area contributed by atoms with Crippen LogP contribution in [0.4, 0.5) is 10.1 Å². The molecule has 0 N–H and O–H groups in total. The van der Waals surface area contributed by atoms with Gasteiger partial charge in [0.05, 0.1) is 29.3 Å². The molecular weight excluding hydrogens is 439 g/mol. The van der Waals surface area contributed by atoms with Gasteiger partial charge < -0.3 is 4.90 Å². The number of aliphatic imine (C=N–C) groups is 1. The van der Waals surface area contributed by atoms with Crippen molar-refractivity contribution in [3.05, 3.63) is 64.4 Å². The second-order valence-electron chi connectivity index (χ2n) is 6.36. The van der Waals surface area contributed by atoms with Crippen molar-refractivity contribution in [3.63, 3.8) is 0 Å². The number of nitrogens with zero attached hydrogens (tertiary/aromatic N) is 2. The highest BCUT2D eigenvalue weighted by Gasteiger charge is 2.47. The standard InChI is InChI=1S/C18H16BrFN2O2S2/c19-13-6-7-16(14(20)8-13)22-17-11-26(23,24)10-15(17)21-18(22)25-9-12-4-2-1-3-5-12/h1-8,15,17H,9-11H2. The highest BCUT2D eigenvalue weighted by atomic mass is 79.9. The number of anilines is 1. The van der Waals surface area contributed by atoms with Gasteiger partial charge in [0.25, 0.3) is 0 Å². The molecule has 0 radical (unpaired) electrons. The number of rotatable bonds is 3. The minimum absolute atomic E-state index is 0.00602. The van der Waals surface area contributed by atoms with Crippen molar-refractivity contribution in [1.82, 2.24) is 0 Å². The second-order valence-corrected chi connectivity index (χ2v) is 10.4. The maximum atomic E-state index is 14.6. The summed E-state index contributed by atoms with van der Waals surface area (Å²) in [6.45, 7) is 0. The van der Waals surface area contributed by atoms with Crippen molar-refractivity contribution in [3.8, 4) is 0 Å². The highest BCUT2D eigenvalue weighted by Crippen LogP contribution is 2.37. The molecule has 136 valence electrons. The first-order valence-corrected chi connectivity index (χ1v) is 11.7. The van der Waals surface area contributed by atoms with Crippen LogP contribution in [0, 0.1) is 5.82 Å². The minimum atomic E-state index is -3.15. The molecule has 0 amide bonds. The third kappa shape index (κ3) is 3.54. The number of amidine groups is 1. The molecule has 2 aliphatic heterocycles. The lowest BCUT2D eigenvalue weighted by molar-refractivity contribution is 0.600. The van der Waals surface area contributed by atoms with Crippen molar-refractivity contribution in [2.24, 2.45) is 4.99 Å². The van der Waals surface area contributed by atoms with Crippen LogP contribution in [0.15, 0.2) is 58.0 Å². The molecule has 2 atom stereocenters. The summed E-state index contributed by atoms with van der Waals surface area (Å²) in [6, 6.07) is 14.1. The van der Waals surface area contributed by atoms with Gasteiger partial charge in [-0.2, -0.15) is 0 Å². The van der Waals surface area contributed by atoms with Gasteiger partial charge in [-0.3, -0.25) is 4.99 Å². The molecule has 0 spiro atoms. The van der Waals surface area contributed by atoms with Crippen LogP contribution in [0.5, 0.6) is 0 Å². The molecule has 2 aromatic rings. The maximum absolute atomic E-state index is 14.6. The van der Waals surface area contributed by atoms with Crippen molar-refractivity contribution < 1.29 is 12.8 Å². The lowest BCUT2D eigenvalue weighted by Crippen LogP contribution is -2.39. The van der Waals surface area contributed by atoms with E-state index >= 15 is 0 Å². The average Bonchev–Trinajstić information content (AvgIpc) is 3.06. The van der Waals surface area contributed by atoms with E-state index in [-0.39, 0.29) is 23.6 Å². The van der Waals surface area contributed by atoms with E-state index in [2.05, 4.69) is 20.9 Å². The van der Waals surface area contributed by atoms with E-state index in [9.17, 15) is 12.8 Å². The molecule has 4 nitrogen and oxygen atoms in total. The first kappa shape index (κ1) is 18.0. The van der Waals surface area contributed by atoms with E-state index < -0.39 is 15.7 Å². The molecule has 4 rings (SSSR count). The number of fused-ring (bicyclic) bond motifs is 1. The third-order valence-corrected chi connectivity index (χ3v) is 7.72. The Bertz CT molecular complexity index is 966. The zero-order valence-corrected chi connectivity index (χ0v) is 16.9. The predicted octanol–water partition coefficient (Wildman–Crippen LogP) is 3.86. The fourth-order valence-corrected chi connectivity index (χ4v) is 6.56. The number of hydrogen-bond acceptors (Lipinski definition) is 5. The number of hydrogen-bond donors (Lipinski definition) is 0. The van der Waals surface area contributed by atoms with Crippen molar-refractivity contribution in [2.75, 3.05) is 16.4 Å². The van der Waals surface area contributed by atoms with E-state index in [1.54, 1.807) is 17.0 Å². The van der Waals surface area contributed by atoms with Gasteiger partial charge >= 0.3 is 0 Å². The summed E-state index contributed by atoms with van der Waals surface area (Å²) in [5.74, 6) is 0.339. The van der Waals surface area contributed by atoms with Crippen molar-refractivity contribution >= 4 is 48.4 Å². The summed E-state index contributed by atoms with van der Waals surface area (Å²) in [4.78, 5) is 6.40. The number of thioether (sulfide) groups is 1. The SMILES string of the molecule is O=S1(=O)CC2N=C(SCc3ccccc3)N(c3ccc(Br)cc3F)C2C1. The van der Waals surface area contributed by atoms with E-state index in [1.165, 1.54) is 17.8 Å². The van der Waals surface area contributed by atoms with Crippen LogP contribution in [-0.2, 0) is 15.6 Å². The van der Waals surface area contributed by atoms with Crippen LogP contribution >= 0.6 is 27.7 Å². The number of halogens is 2. The lowest BCUT2D eigenvalue weighted by Gasteiger charge is -2.27. The van der Waals surface area contributed by atoms with Crippen LogP contribution in [0.1, 0.15) is 5.56 Å². The summed E-state index contributed by atoms with van der Waals surface area (Å²) < 4.78 is 39.3. The molecule has 0 saturated carbocycles. The van der Waals surface area contributed by atoms with E-state index in [0.717, 1.165) is 5.56 Å². The van der Waals surface area contributed by atoms with Crippen LogP contribution in [0.3, 0.4) is 0 Å². The molecule has 26 heavy (non-hydrogen) atoms. The predicted molar refractivity (Wildman–Crippen MR) is 108 cm³/mol.